The quantitative estimate of drug-likeness (QED) is 0.702. The SMILES string of the molecule is O=S(=O)(O)NCCc1ccccc1. The van der Waals surface area contributed by atoms with Crippen molar-refractivity contribution in [1.82, 2.24) is 4.72 Å². The van der Waals surface area contributed by atoms with Crippen LogP contribution in [0.2, 0.25) is 0 Å². The molecule has 4 nitrogen and oxygen atoms in total. The highest BCUT2D eigenvalue weighted by molar-refractivity contribution is 7.83. The summed E-state index contributed by atoms with van der Waals surface area (Å²) in [4.78, 5) is 0. The number of hydrogen-bond acceptors (Lipinski definition) is 2. The van der Waals surface area contributed by atoms with Crippen molar-refractivity contribution in [1.29, 1.82) is 0 Å². The van der Waals surface area contributed by atoms with Crippen LogP contribution in [-0.4, -0.2) is 19.5 Å². The molecular weight excluding hydrogens is 190 g/mol. The third-order valence-corrected chi connectivity index (χ3v) is 2.11. The molecule has 0 radical (unpaired) electrons. The van der Waals surface area contributed by atoms with Gasteiger partial charge in [-0.1, -0.05) is 30.3 Å². The highest BCUT2D eigenvalue weighted by atomic mass is 32.2. The van der Waals surface area contributed by atoms with Gasteiger partial charge in [-0.3, -0.25) is 4.55 Å². The molecule has 5 heteroatoms. The molecule has 0 bridgehead atoms. The Morgan fingerprint density at radius 3 is 2.38 bits per heavy atom. The molecular formula is C8H11NO3S. The normalized spacial score (nSPS) is 11.5. The van der Waals surface area contributed by atoms with Crippen LogP contribution in [0.15, 0.2) is 30.3 Å². The monoisotopic (exact) mass is 201 g/mol. The maximum Gasteiger partial charge on any atom is 0.333 e. The van der Waals surface area contributed by atoms with Gasteiger partial charge in [0.15, 0.2) is 0 Å². The van der Waals surface area contributed by atoms with Gasteiger partial charge in [0.2, 0.25) is 0 Å². The molecule has 0 aliphatic heterocycles. The number of nitrogens with one attached hydrogen (secondary N) is 1. The first-order valence-corrected chi connectivity index (χ1v) is 5.28. The van der Waals surface area contributed by atoms with Crippen molar-refractivity contribution in [3.8, 4) is 0 Å². The Kier molecular flexibility index (Phi) is 3.41. The van der Waals surface area contributed by atoms with Crippen LogP contribution in [0.5, 0.6) is 0 Å². The lowest BCUT2D eigenvalue weighted by Gasteiger charge is -2.00. The second-order valence-corrected chi connectivity index (χ2v) is 3.84. The first-order valence-electron chi connectivity index (χ1n) is 3.84. The largest absolute Gasteiger partial charge is 0.333 e. The summed E-state index contributed by atoms with van der Waals surface area (Å²) in [6, 6.07) is 9.43. The molecule has 13 heavy (non-hydrogen) atoms. The van der Waals surface area contributed by atoms with Crippen molar-refractivity contribution in [2.24, 2.45) is 0 Å². The average Bonchev–Trinajstić information content (AvgIpc) is 2.04. The summed E-state index contributed by atoms with van der Waals surface area (Å²) >= 11 is 0. The fourth-order valence-electron chi connectivity index (χ4n) is 0.969. The molecule has 1 aromatic carbocycles. The molecule has 0 saturated carbocycles. The van der Waals surface area contributed by atoms with Gasteiger partial charge in [0.25, 0.3) is 0 Å². The van der Waals surface area contributed by atoms with E-state index in [9.17, 15) is 8.42 Å². The second-order valence-electron chi connectivity index (χ2n) is 2.61. The smallest absolute Gasteiger partial charge is 0.273 e. The highest BCUT2D eigenvalue weighted by Gasteiger charge is 2.00. The van der Waals surface area contributed by atoms with Gasteiger partial charge in [-0.25, -0.2) is 0 Å². The van der Waals surface area contributed by atoms with Crippen LogP contribution in [0.3, 0.4) is 0 Å². The molecule has 0 amide bonds. The van der Waals surface area contributed by atoms with E-state index in [0.717, 1.165) is 5.56 Å². The number of rotatable bonds is 4. The fourth-order valence-corrected chi connectivity index (χ4v) is 1.33. The van der Waals surface area contributed by atoms with E-state index in [1.807, 2.05) is 35.1 Å². The molecule has 0 saturated heterocycles. The average molecular weight is 201 g/mol. The lowest BCUT2D eigenvalue weighted by atomic mass is 10.2. The zero-order valence-corrected chi connectivity index (χ0v) is 7.79. The molecule has 0 atom stereocenters. The molecule has 1 aromatic rings. The van der Waals surface area contributed by atoms with Crippen molar-refractivity contribution in [3.05, 3.63) is 35.9 Å². The summed E-state index contributed by atoms with van der Waals surface area (Å²) in [6.45, 7) is 0.211. The highest BCUT2D eigenvalue weighted by Crippen LogP contribution is 1.98. The van der Waals surface area contributed by atoms with Crippen molar-refractivity contribution in [3.63, 3.8) is 0 Å². The summed E-state index contributed by atoms with van der Waals surface area (Å²) in [5.74, 6) is 0. The second kappa shape index (κ2) is 4.36. The van der Waals surface area contributed by atoms with Gasteiger partial charge in [0.1, 0.15) is 0 Å². The van der Waals surface area contributed by atoms with E-state index in [0.29, 0.717) is 6.42 Å². The number of hydrogen-bond donors (Lipinski definition) is 2. The van der Waals surface area contributed by atoms with Crippen LogP contribution in [0, 0.1) is 0 Å². The Morgan fingerprint density at radius 2 is 1.85 bits per heavy atom. The Balaban J connectivity index is 2.37. The van der Waals surface area contributed by atoms with Crippen LogP contribution in [0.1, 0.15) is 5.56 Å². The predicted molar refractivity (Wildman–Crippen MR) is 49.7 cm³/mol. The van der Waals surface area contributed by atoms with E-state index in [-0.39, 0.29) is 6.54 Å². The van der Waals surface area contributed by atoms with E-state index < -0.39 is 10.3 Å². The van der Waals surface area contributed by atoms with Crippen LogP contribution in [-0.2, 0) is 16.7 Å². The lowest BCUT2D eigenvalue weighted by molar-refractivity contribution is 0.468. The summed E-state index contributed by atoms with van der Waals surface area (Å²) < 4.78 is 30.9. The molecule has 0 spiro atoms. The van der Waals surface area contributed by atoms with Gasteiger partial charge in [-0.2, -0.15) is 13.1 Å². The topological polar surface area (TPSA) is 66.4 Å². The van der Waals surface area contributed by atoms with E-state index in [1.54, 1.807) is 0 Å². The van der Waals surface area contributed by atoms with Crippen LogP contribution in [0.25, 0.3) is 0 Å². The molecule has 0 aliphatic rings. The van der Waals surface area contributed by atoms with Crippen LogP contribution < -0.4 is 4.72 Å². The van der Waals surface area contributed by atoms with Gasteiger partial charge in [0, 0.05) is 6.54 Å². The van der Waals surface area contributed by atoms with Gasteiger partial charge >= 0.3 is 10.3 Å². The molecule has 2 N–H and O–H groups in total. The summed E-state index contributed by atoms with van der Waals surface area (Å²) in [7, 11) is -4.04. The molecule has 0 fully saturated rings. The zero-order chi connectivity index (χ0) is 9.73. The van der Waals surface area contributed by atoms with Gasteiger partial charge < -0.3 is 0 Å². The molecule has 1 rings (SSSR count). The first kappa shape index (κ1) is 10.2. The van der Waals surface area contributed by atoms with Crippen molar-refractivity contribution < 1.29 is 13.0 Å². The molecule has 0 aromatic heterocycles. The van der Waals surface area contributed by atoms with Gasteiger partial charge in [-0.15, -0.1) is 0 Å². The van der Waals surface area contributed by atoms with E-state index in [1.165, 1.54) is 0 Å². The maximum atomic E-state index is 10.3. The third-order valence-electron chi connectivity index (χ3n) is 1.54. The first-order chi connectivity index (χ1) is 6.08. The lowest BCUT2D eigenvalue weighted by Crippen LogP contribution is -2.24. The minimum Gasteiger partial charge on any atom is -0.273 e. The molecule has 0 aliphatic carbocycles. The Bertz CT molecular complexity index is 347. The van der Waals surface area contributed by atoms with Gasteiger partial charge in [-0.05, 0) is 12.0 Å². The molecule has 0 heterocycles. The number of benzene rings is 1. The Labute approximate surface area is 77.5 Å². The van der Waals surface area contributed by atoms with Crippen molar-refractivity contribution >= 4 is 10.3 Å². The predicted octanol–water partition coefficient (Wildman–Crippen LogP) is 0.621. The zero-order valence-electron chi connectivity index (χ0n) is 6.97. The van der Waals surface area contributed by atoms with Crippen LogP contribution >= 0.6 is 0 Å². The Morgan fingerprint density at radius 1 is 1.23 bits per heavy atom. The minimum atomic E-state index is -4.04. The van der Waals surface area contributed by atoms with Crippen molar-refractivity contribution in [2.75, 3.05) is 6.54 Å². The van der Waals surface area contributed by atoms with Crippen LogP contribution in [0.4, 0.5) is 0 Å². The summed E-state index contributed by atoms with van der Waals surface area (Å²) in [5.41, 5.74) is 1.03. The maximum absolute atomic E-state index is 10.3. The molecule has 72 valence electrons. The third kappa shape index (κ3) is 4.62. The fraction of sp³-hybridized carbons (Fsp3) is 0.250. The Hall–Kier alpha value is -0.910. The van der Waals surface area contributed by atoms with Gasteiger partial charge in [0.05, 0.1) is 0 Å². The van der Waals surface area contributed by atoms with E-state index in [4.69, 9.17) is 4.55 Å². The minimum absolute atomic E-state index is 0.211. The van der Waals surface area contributed by atoms with E-state index >= 15 is 0 Å². The van der Waals surface area contributed by atoms with E-state index in [2.05, 4.69) is 0 Å². The standard InChI is InChI=1S/C8H11NO3S/c10-13(11,12)9-7-6-8-4-2-1-3-5-8/h1-5,9H,6-7H2,(H,10,11,12). The van der Waals surface area contributed by atoms with Crippen molar-refractivity contribution in [2.45, 2.75) is 6.42 Å². The summed E-state index contributed by atoms with van der Waals surface area (Å²) in [5, 5.41) is 0. The summed E-state index contributed by atoms with van der Waals surface area (Å²) in [6.07, 6.45) is 0.570. The molecule has 0 unspecified atom stereocenters.